The Morgan fingerprint density at radius 2 is 2.05 bits per heavy atom. The van der Waals surface area contributed by atoms with Gasteiger partial charge in [0.15, 0.2) is 0 Å². The predicted octanol–water partition coefficient (Wildman–Crippen LogP) is 1.10. The fraction of sp³-hybridized carbons (Fsp3) is 0.929. The first-order chi connectivity index (χ1) is 8.97. The van der Waals surface area contributed by atoms with Crippen molar-refractivity contribution in [1.29, 1.82) is 0 Å². The first kappa shape index (κ1) is 14.8. The molecule has 0 bridgehead atoms. The zero-order chi connectivity index (χ0) is 13.9. The van der Waals surface area contributed by atoms with Crippen LogP contribution in [0.2, 0.25) is 0 Å². The second-order valence-corrected chi connectivity index (χ2v) is 6.34. The predicted molar refractivity (Wildman–Crippen MR) is 71.0 cm³/mol. The van der Waals surface area contributed by atoms with E-state index in [9.17, 15) is 9.90 Å². The van der Waals surface area contributed by atoms with Gasteiger partial charge in [0.2, 0.25) is 0 Å². The Bertz CT molecular complexity index is 309. The molecule has 1 saturated heterocycles. The number of hydrogen-bond donors (Lipinski definition) is 2. The second-order valence-electron chi connectivity index (χ2n) is 6.34. The Morgan fingerprint density at radius 3 is 2.63 bits per heavy atom. The Kier molecular flexibility index (Phi) is 4.81. The summed E-state index contributed by atoms with van der Waals surface area (Å²) >= 11 is 0. The summed E-state index contributed by atoms with van der Waals surface area (Å²) in [6.45, 7) is 3.79. The van der Waals surface area contributed by atoms with E-state index in [0.717, 1.165) is 6.42 Å². The normalized spacial score (nSPS) is 25.2. The van der Waals surface area contributed by atoms with Crippen LogP contribution in [0.4, 0.5) is 0 Å². The highest BCUT2D eigenvalue weighted by atomic mass is 16.5. The smallest absolute Gasteiger partial charge is 0.329 e. The summed E-state index contributed by atoms with van der Waals surface area (Å²) in [7, 11) is 0. The standard InChI is InChI=1S/C14H25NO4/c1-14(19-8-13(17)18)9-15(10-14)7-12(16)6-11-4-2-3-5-11/h11-12,16H,2-10H2,1H3,(H,17,18). The molecule has 110 valence electrons. The van der Waals surface area contributed by atoms with Crippen molar-refractivity contribution in [1.82, 2.24) is 4.90 Å². The fourth-order valence-corrected chi connectivity index (χ4v) is 3.36. The van der Waals surface area contributed by atoms with Crippen LogP contribution in [0.15, 0.2) is 0 Å². The topological polar surface area (TPSA) is 70.0 Å². The van der Waals surface area contributed by atoms with E-state index >= 15 is 0 Å². The van der Waals surface area contributed by atoms with Crippen LogP contribution < -0.4 is 0 Å². The number of β-amino-alcohol motifs (C(OH)–C–C–N with tert-alkyl or cyclic N) is 1. The van der Waals surface area contributed by atoms with Crippen molar-refractivity contribution in [2.24, 2.45) is 5.92 Å². The highest BCUT2D eigenvalue weighted by Gasteiger charge is 2.40. The molecule has 19 heavy (non-hydrogen) atoms. The van der Waals surface area contributed by atoms with E-state index in [1.807, 2.05) is 6.92 Å². The highest BCUT2D eigenvalue weighted by molar-refractivity contribution is 5.68. The second kappa shape index (κ2) is 6.20. The third kappa shape index (κ3) is 4.44. The molecular formula is C14H25NO4. The summed E-state index contributed by atoms with van der Waals surface area (Å²) < 4.78 is 5.35. The van der Waals surface area contributed by atoms with E-state index < -0.39 is 5.97 Å². The Labute approximate surface area is 114 Å². The maximum Gasteiger partial charge on any atom is 0.329 e. The van der Waals surface area contributed by atoms with Crippen molar-refractivity contribution in [2.75, 3.05) is 26.2 Å². The van der Waals surface area contributed by atoms with Crippen molar-refractivity contribution in [3.05, 3.63) is 0 Å². The number of aliphatic hydroxyl groups excluding tert-OH is 1. The number of hydrogen-bond acceptors (Lipinski definition) is 4. The minimum absolute atomic E-state index is 0.241. The molecule has 2 aliphatic rings. The lowest BCUT2D eigenvalue weighted by Gasteiger charge is -2.48. The number of rotatable bonds is 7. The highest BCUT2D eigenvalue weighted by Crippen LogP contribution is 2.30. The van der Waals surface area contributed by atoms with Gasteiger partial charge in [-0.15, -0.1) is 0 Å². The summed E-state index contributed by atoms with van der Waals surface area (Å²) in [5, 5.41) is 18.6. The zero-order valence-electron chi connectivity index (χ0n) is 11.7. The molecule has 0 aromatic rings. The number of aliphatic carboxylic acids is 1. The van der Waals surface area contributed by atoms with Gasteiger partial charge in [0, 0.05) is 19.6 Å². The third-order valence-electron chi connectivity index (χ3n) is 4.21. The van der Waals surface area contributed by atoms with Crippen molar-refractivity contribution >= 4 is 5.97 Å². The molecule has 1 unspecified atom stereocenters. The summed E-state index contributed by atoms with van der Waals surface area (Å²) in [4.78, 5) is 12.6. The average molecular weight is 271 g/mol. The molecular weight excluding hydrogens is 246 g/mol. The minimum Gasteiger partial charge on any atom is -0.480 e. The van der Waals surface area contributed by atoms with Crippen LogP contribution in [0, 0.1) is 5.92 Å². The third-order valence-corrected chi connectivity index (χ3v) is 4.21. The average Bonchev–Trinajstić information content (AvgIpc) is 2.77. The maximum absolute atomic E-state index is 10.5. The van der Waals surface area contributed by atoms with Gasteiger partial charge < -0.3 is 14.9 Å². The first-order valence-electron chi connectivity index (χ1n) is 7.23. The van der Waals surface area contributed by atoms with E-state index in [0.29, 0.717) is 25.6 Å². The van der Waals surface area contributed by atoms with Gasteiger partial charge in [-0.2, -0.15) is 0 Å². The summed E-state index contributed by atoms with van der Waals surface area (Å²) in [6.07, 6.45) is 5.78. The first-order valence-corrected chi connectivity index (χ1v) is 7.23. The molecule has 0 amide bonds. The van der Waals surface area contributed by atoms with Crippen molar-refractivity contribution in [3.8, 4) is 0 Å². The van der Waals surface area contributed by atoms with Crippen LogP contribution in [0.3, 0.4) is 0 Å². The molecule has 5 heteroatoms. The van der Waals surface area contributed by atoms with Crippen LogP contribution in [-0.4, -0.2) is 59.0 Å². The fourth-order valence-electron chi connectivity index (χ4n) is 3.36. The molecule has 1 heterocycles. The van der Waals surface area contributed by atoms with E-state index in [4.69, 9.17) is 9.84 Å². The molecule has 0 aromatic heterocycles. The van der Waals surface area contributed by atoms with Gasteiger partial charge in [0.1, 0.15) is 6.61 Å². The number of carboxylic acids is 1. The summed E-state index contributed by atoms with van der Waals surface area (Å²) in [6, 6.07) is 0. The Hall–Kier alpha value is -0.650. The number of aliphatic hydroxyl groups is 1. The van der Waals surface area contributed by atoms with Gasteiger partial charge in [-0.1, -0.05) is 25.7 Å². The van der Waals surface area contributed by atoms with Crippen molar-refractivity contribution in [2.45, 2.75) is 50.7 Å². The number of nitrogens with zero attached hydrogens (tertiary/aromatic N) is 1. The van der Waals surface area contributed by atoms with Gasteiger partial charge in [0.25, 0.3) is 0 Å². The molecule has 5 nitrogen and oxygen atoms in total. The molecule has 2 N–H and O–H groups in total. The van der Waals surface area contributed by atoms with Gasteiger partial charge >= 0.3 is 5.97 Å². The zero-order valence-corrected chi connectivity index (χ0v) is 11.7. The van der Waals surface area contributed by atoms with Crippen LogP contribution in [0.25, 0.3) is 0 Å². The Morgan fingerprint density at radius 1 is 1.42 bits per heavy atom. The monoisotopic (exact) mass is 271 g/mol. The molecule has 1 aliphatic carbocycles. The van der Waals surface area contributed by atoms with E-state index in [1.165, 1.54) is 25.7 Å². The minimum atomic E-state index is -0.930. The lowest BCUT2D eigenvalue weighted by Crippen LogP contribution is -2.63. The van der Waals surface area contributed by atoms with Crippen molar-refractivity contribution < 1.29 is 19.7 Å². The summed E-state index contributed by atoms with van der Waals surface area (Å²) in [5.41, 5.74) is -0.356. The summed E-state index contributed by atoms with van der Waals surface area (Å²) in [5.74, 6) is -0.230. The molecule has 2 rings (SSSR count). The molecule has 1 aliphatic heterocycles. The molecule has 1 saturated carbocycles. The largest absolute Gasteiger partial charge is 0.480 e. The molecule has 0 aromatic carbocycles. The van der Waals surface area contributed by atoms with Crippen LogP contribution in [0.5, 0.6) is 0 Å². The molecule has 0 radical (unpaired) electrons. The van der Waals surface area contributed by atoms with E-state index in [1.54, 1.807) is 0 Å². The van der Waals surface area contributed by atoms with Crippen LogP contribution in [0.1, 0.15) is 39.0 Å². The van der Waals surface area contributed by atoms with Gasteiger partial charge in [-0.05, 0) is 19.3 Å². The number of likely N-dealkylation sites (tertiary alicyclic amines) is 1. The quantitative estimate of drug-likeness (QED) is 0.725. The molecule has 0 spiro atoms. The maximum atomic E-state index is 10.5. The van der Waals surface area contributed by atoms with Crippen LogP contribution in [-0.2, 0) is 9.53 Å². The lowest BCUT2D eigenvalue weighted by atomic mass is 9.94. The molecule has 2 fully saturated rings. The van der Waals surface area contributed by atoms with Gasteiger partial charge in [0.05, 0.1) is 11.7 Å². The lowest BCUT2D eigenvalue weighted by molar-refractivity contribution is -0.167. The van der Waals surface area contributed by atoms with Gasteiger partial charge in [-0.25, -0.2) is 4.79 Å². The number of carbonyl (C=O) groups is 1. The van der Waals surface area contributed by atoms with Crippen molar-refractivity contribution in [3.63, 3.8) is 0 Å². The number of carboxylic acid groups (broad SMARTS) is 1. The van der Waals surface area contributed by atoms with Gasteiger partial charge in [-0.3, -0.25) is 4.90 Å². The van der Waals surface area contributed by atoms with E-state index in [-0.39, 0.29) is 18.3 Å². The molecule has 1 atom stereocenters. The SMILES string of the molecule is CC1(OCC(=O)O)CN(CC(O)CC2CCCC2)C1. The van der Waals surface area contributed by atoms with Crippen LogP contribution >= 0.6 is 0 Å². The van der Waals surface area contributed by atoms with E-state index in [2.05, 4.69) is 4.90 Å². The number of ether oxygens (including phenoxy) is 1. The Balaban J connectivity index is 1.62.